The molecule has 0 bridgehead atoms. The molecule has 2 heterocycles. The maximum absolute atomic E-state index is 12.0. The Morgan fingerprint density at radius 2 is 1.75 bits per heavy atom. The molecule has 0 atom stereocenters. The van der Waals surface area contributed by atoms with Gasteiger partial charge in [0.1, 0.15) is 5.60 Å². The van der Waals surface area contributed by atoms with Crippen molar-refractivity contribution in [1.82, 2.24) is 25.3 Å². The molecule has 2 fully saturated rings. The first kappa shape index (κ1) is 21.9. The molecule has 2 aliphatic rings. The average Bonchev–Trinajstić information content (AvgIpc) is 2.60. The van der Waals surface area contributed by atoms with Gasteiger partial charge in [-0.15, -0.1) is 0 Å². The standard InChI is InChI=1S/C18H31N5O5/c1-18(2,3)28-17(27)23-12-10-21(11-13-23)9-6-19-14(24)4-7-22-8-5-15(25)20-16(22)26/h4-13H2,1-3H3,(H,19,24)(H,20,25,26). The highest BCUT2D eigenvalue weighted by Crippen LogP contribution is 2.11. The van der Waals surface area contributed by atoms with Gasteiger partial charge in [-0.3, -0.25) is 19.8 Å². The lowest BCUT2D eigenvalue weighted by Crippen LogP contribution is -2.51. The maximum Gasteiger partial charge on any atom is 0.410 e. The summed E-state index contributed by atoms with van der Waals surface area (Å²) in [5, 5.41) is 5.08. The predicted octanol–water partition coefficient (Wildman–Crippen LogP) is -0.0127. The summed E-state index contributed by atoms with van der Waals surface area (Å²) in [6.45, 7) is 10.1. The second-order valence-corrected chi connectivity index (χ2v) is 8.00. The number of nitrogens with one attached hydrogen (secondary N) is 2. The van der Waals surface area contributed by atoms with E-state index in [1.165, 1.54) is 4.90 Å². The summed E-state index contributed by atoms with van der Waals surface area (Å²) < 4.78 is 5.38. The molecule has 0 aromatic heterocycles. The van der Waals surface area contributed by atoms with E-state index in [0.29, 0.717) is 39.3 Å². The van der Waals surface area contributed by atoms with E-state index in [4.69, 9.17) is 4.74 Å². The lowest BCUT2D eigenvalue weighted by molar-refractivity contribution is -0.121. The van der Waals surface area contributed by atoms with Gasteiger partial charge >= 0.3 is 12.1 Å². The van der Waals surface area contributed by atoms with Gasteiger partial charge in [-0.05, 0) is 20.8 Å². The van der Waals surface area contributed by atoms with E-state index in [-0.39, 0.29) is 30.7 Å². The molecule has 0 aliphatic carbocycles. The van der Waals surface area contributed by atoms with Gasteiger partial charge in [-0.1, -0.05) is 0 Å². The lowest BCUT2D eigenvalue weighted by Gasteiger charge is -2.35. The fraction of sp³-hybridized carbons (Fsp3) is 0.778. The average molecular weight is 397 g/mol. The van der Waals surface area contributed by atoms with Crippen LogP contribution in [0.4, 0.5) is 9.59 Å². The third-order valence-corrected chi connectivity index (χ3v) is 4.53. The Kier molecular flexibility index (Phi) is 7.61. The van der Waals surface area contributed by atoms with Gasteiger partial charge in [-0.25, -0.2) is 9.59 Å². The highest BCUT2D eigenvalue weighted by molar-refractivity contribution is 5.96. The van der Waals surface area contributed by atoms with E-state index >= 15 is 0 Å². The van der Waals surface area contributed by atoms with Gasteiger partial charge in [0, 0.05) is 65.2 Å². The van der Waals surface area contributed by atoms with E-state index < -0.39 is 11.6 Å². The third kappa shape index (κ3) is 7.34. The number of amides is 5. The quantitative estimate of drug-likeness (QED) is 0.652. The number of rotatable bonds is 6. The van der Waals surface area contributed by atoms with Crippen molar-refractivity contribution in [1.29, 1.82) is 0 Å². The first-order valence-electron chi connectivity index (χ1n) is 9.70. The smallest absolute Gasteiger partial charge is 0.410 e. The van der Waals surface area contributed by atoms with Gasteiger partial charge in [0.25, 0.3) is 0 Å². The Bertz CT molecular complexity index is 596. The highest BCUT2D eigenvalue weighted by Gasteiger charge is 2.26. The van der Waals surface area contributed by atoms with Crippen molar-refractivity contribution in [3.05, 3.63) is 0 Å². The van der Waals surface area contributed by atoms with Crippen LogP contribution in [0, 0.1) is 0 Å². The number of carbonyl (C=O) groups is 4. The van der Waals surface area contributed by atoms with Gasteiger partial charge < -0.3 is 19.9 Å². The highest BCUT2D eigenvalue weighted by atomic mass is 16.6. The third-order valence-electron chi connectivity index (χ3n) is 4.53. The van der Waals surface area contributed by atoms with E-state index in [1.807, 2.05) is 20.8 Å². The lowest BCUT2D eigenvalue weighted by atomic mass is 10.2. The van der Waals surface area contributed by atoms with Crippen LogP contribution in [0.1, 0.15) is 33.6 Å². The van der Waals surface area contributed by atoms with Gasteiger partial charge in [0.15, 0.2) is 0 Å². The van der Waals surface area contributed by atoms with E-state index in [1.54, 1.807) is 4.90 Å². The molecule has 10 heteroatoms. The summed E-state index contributed by atoms with van der Waals surface area (Å²) >= 11 is 0. The number of hydrogen-bond donors (Lipinski definition) is 2. The van der Waals surface area contributed by atoms with Crippen LogP contribution in [0.5, 0.6) is 0 Å². The van der Waals surface area contributed by atoms with E-state index in [9.17, 15) is 19.2 Å². The second-order valence-electron chi connectivity index (χ2n) is 8.00. The van der Waals surface area contributed by atoms with Gasteiger partial charge in [0.2, 0.25) is 11.8 Å². The van der Waals surface area contributed by atoms with Crippen molar-refractivity contribution in [3.8, 4) is 0 Å². The monoisotopic (exact) mass is 397 g/mol. The zero-order valence-electron chi connectivity index (χ0n) is 17.0. The van der Waals surface area contributed by atoms with Crippen LogP contribution in [-0.2, 0) is 14.3 Å². The summed E-state index contributed by atoms with van der Waals surface area (Å²) in [6.07, 6.45) is 0.181. The number of piperazine rings is 1. The summed E-state index contributed by atoms with van der Waals surface area (Å²) in [7, 11) is 0. The molecule has 0 aromatic carbocycles. The Hall–Kier alpha value is -2.36. The van der Waals surface area contributed by atoms with Crippen molar-refractivity contribution in [3.63, 3.8) is 0 Å². The SMILES string of the molecule is CC(C)(C)OC(=O)N1CCN(CCNC(=O)CCN2CCC(=O)NC2=O)CC1. The number of imide groups is 1. The Morgan fingerprint density at radius 1 is 1.07 bits per heavy atom. The maximum atomic E-state index is 12.0. The minimum atomic E-state index is -0.497. The molecule has 0 saturated carbocycles. The molecule has 2 rings (SSSR count). The molecule has 0 spiro atoms. The Balaban J connectivity index is 1.57. The summed E-state index contributed by atoms with van der Waals surface area (Å²) in [5.41, 5.74) is -0.497. The molecular formula is C18H31N5O5. The summed E-state index contributed by atoms with van der Waals surface area (Å²) in [5.74, 6) is -0.408. The first-order chi connectivity index (χ1) is 13.1. The molecule has 28 heavy (non-hydrogen) atoms. The molecule has 0 radical (unpaired) electrons. The zero-order chi connectivity index (χ0) is 20.7. The van der Waals surface area contributed by atoms with E-state index in [2.05, 4.69) is 15.5 Å². The molecule has 10 nitrogen and oxygen atoms in total. The normalized spacial score (nSPS) is 18.7. The molecule has 0 aromatic rings. The number of ether oxygens (including phenoxy) is 1. The van der Waals surface area contributed by atoms with Crippen molar-refractivity contribution >= 4 is 23.9 Å². The minimum absolute atomic E-state index is 0.128. The molecule has 2 N–H and O–H groups in total. The molecule has 2 saturated heterocycles. The van der Waals surface area contributed by atoms with Gasteiger partial charge in [0.05, 0.1) is 0 Å². The molecule has 158 valence electrons. The van der Waals surface area contributed by atoms with Crippen LogP contribution in [0.2, 0.25) is 0 Å². The Labute approximate surface area is 165 Å². The van der Waals surface area contributed by atoms with Crippen molar-refractivity contribution in [2.75, 3.05) is 52.4 Å². The van der Waals surface area contributed by atoms with Crippen LogP contribution >= 0.6 is 0 Å². The molecule has 2 aliphatic heterocycles. The summed E-state index contributed by atoms with van der Waals surface area (Å²) in [4.78, 5) is 52.1. The molecule has 0 unspecified atom stereocenters. The summed E-state index contributed by atoms with van der Waals surface area (Å²) in [6, 6.07) is -0.438. The van der Waals surface area contributed by atoms with Crippen LogP contribution in [0.25, 0.3) is 0 Å². The molecular weight excluding hydrogens is 366 g/mol. The van der Waals surface area contributed by atoms with Crippen molar-refractivity contribution < 1.29 is 23.9 Å². The van der Waals surface area contributed by atoms with E-state index in [0.717, 1.165) is 13.1 Å². The predicted molar refractivity (Wildman–Crippen MR) is 102 cm³/mol. The number of nitrogens with zero attached hydrogens (tertiary/aromatic N) is 3. The van der Waals surface area contributed by atoms with Crippen molar-refractivity contribution in [2.24, 2.45) is 0 Å². The fourth-order valence-electron chi connectivity index (χ4n) is 2.97. The van der Waals surface area contributed by atoms with Crippen LogP contribution in [0.15, 0.2) is 0 Å². The van der Waals surface area contributed by atoms with Crippen LogP contribution < -0.4 is 10.6 Å². The second kappa shape index (κ2) is 9.72. The molecule has 5 amide bonds. The first-order valence-corrected chi connectivity index (χ1v) is 9.70. The topological polar surface area (TPSA) is 111 Å². The fourth-order valence-corrected chi connectivity index (χ4v) is 2.97. The van der Waals surface area contributed by atoms with Gasteiger partial charge in [-0.2, -0.15) is 0 Å². The minimum Gasteiger partial charge on any atom is -0.444 e. The number of hydrogen-bond acceptors (Lipinski definition) is 6. The van der Waals surface area contributed by atoms with Crippen molar-refractivity contribution in [2.45, 2.75) is 39.2 Å². The number of urea groups is 1. The largest absolute Gasteiger partial charge is 0.444 e. The van der Waals surface area contributed by atoms with Crippen LogP contribution in [-0.4, -0.2) is 96.6 Å². The number of carbonyl (C=O) groups excluding carboxylic acids is 4. The van der Waals surface area contributed by atoms with Crippen LogP contribution in [0.3, 0.4) is 0 Å². The Morgan fingerprint density at radius 3 is 2.36 bits per heavy atom. The zero-order valence-corrected chi connectivity index (χ0v) is 17.0.